The molecule has 1 heterocycles. The highest BCUT2D eigenvalue weighted by atomic mass is 32.2. The molecule has 0 aromatic carbocycles. The summed E-state index contributed by atoms with van der Waals surface area (Å²) in [4.78, 5) is 23.8. The standard InChI is InChI=1S/C18H22F4O10S/c19-17(18(20,21)22,33(26,27)28)14(25)29-8-13(24)32-15-3-9-1-10(4-15)16(11(2-9)5-15)30-7-12(6-23)31-16/h9-12,23H,1-8H2,(H,26,27,28). The molecule has 1 spiro atoms. The molecule has 4 unspecified atom stereocenters. The van der Waals surface area contributed by atoms with Crippen LogP contribution in [0, 0.1) is 17.8 Å². The summed E-state index contributed by atoms with van der Waals surface area (Å²) in [6.07, 6.45) is -4.29. The first-order valence-electron chi connectivity index (χ1n) is 10.2. The third-order valence-electron chi connectivity index (χ3n) is 6.95. The van der Waals surface area contributed by atoms with Gasteiger partial charge in [0.15, 0.2) is 12.4 Å². The van der Waals surface area contributed by atoms with E-state index in [1.807, 2.05) is 0 Å². The van der Waals surface area contributed by atoms with Gasteiger partial charge in [-0.15, -0.1) is 0 Å². The van der Waals surface area contributed by atoms with Crippen LogP contribution in [-0.4, -0.2) is 78.5 Å². The Morgan fingerprint density at radius 1 is 1.09 bits per heavy atom. The molecule has 0 radical (unpaired) electrons. The van der Waals surface area contributed by atoms with E-state index in [0.717, 1.165) is 12.8 Å². The number of alkyl halides is 4. The van der Waals surface area contributed by atoms with Crippen LogP contribution in [0.15, 0.2) is 0 Å². The molecule has 5 fully saturated rings. The molecule has 15 heteroatoms. The third kappa shape index (κ3) is 3.81. The minimum absolute atomic E-state index is 0.159. The van der Waals surface area contributed by atoms with Crippen LogP contribution in [-0.2, 0) is 38.7 Å². The molecule has 10 nitrogen and oxygen atoms in total. The molecular formula is C18H22F4O10S. The van der Waals surface area contributed by atoms with Gasteiger partial charge in [0.25, 0.3) is 0 Å². The maximum atomic E-state index is 14.0. The zero-order chi connectivity index (χ0) is 24.4. The fourth-order valence-corrected chi connectivity index (χ4v) is 6.47. The predicted molar refractivity (Wildman–Crippen MR) is 95.4 cm³/mol. The van der Waals surface area contributed by atoms with Gasteiger partial charge in [-0.1, -0.05) is 0 Å². The van der Waals surface area contributed by atoms with Gasteiger partial charge in [-0.3, -0.25) is 4.55 Å². The van der Waals surface area contributed by atoms with Gasteiger partial charge in [-0.05, 0) is 38.0 Å². The van der Waals surface area contributed by atoms with Crippen molar-refractivity contribution in [2.75, 3.05) is 19.8 Å². The Kier molecular flexibility index (Phi) is 5.76. The van der Waals surface area contributed by atoms with E-state index in [1.54, 1.807) is 0 Å². The van der Waals surface area contributed by atoms with Crippen LogP contribution in [0.2, 0.25) is 0 Å². The van der Waals surface area contributed by atoms with Crippen molar-refractivity contribution in [3.05, 3.63) is 0 Å². The van der Waals surface area contributed by atoms with Crippen LogP contribution in [0.3, 0.4) is 0 Å². The van der Waals surface area contributed by atoms with Gasteiger partial charge in [0.1, 0.15) is 11.7 Å². The van der Waals surface area contributed by atoms with Crippen LogP contribution >= 0.6 is 0 Å². The van der Waals surface area contributed by atoms with E-state index in [9.17, 15) is 40.7 Å². The molecule has 4 saturated carbocycles. The molecule has 4 atom stereocenters. The Morgan fingerprint density at radius 3 is 2.18 bits per heavy atom. The number of ether oxygens (including phenoxy) is 4. The molecule has 33 heavy (non-hydrogen) atoms. The number of esters is 2. The highest BCUT2D eigenvalue weighted by Crippen LogP contribution is 2.63. The molecule has 188 valence electrons. The predicted octanol–water partition coefficient (Wildman–Crippen LogP) is 0.871. The zero-order valence-corrected chi connectivity index (χ0v) is 17.9. The average molecular weight is 506 g/mol. The Bertz CT molecular complexity index is 921. The van der Waals surface area contributed by atoms with Crippen LogP contribution in [0.1, 0.15) is 32.1 Å². The quantitative estimate of drug-likeness (QED) is 0.302. The van der Waals surface area contributed by atoms with E-state index in [1.165, 1.54) is 0 Å². The molecule has 4 bridgehead atoms. The van der Waals surface area contributed by atoms with Crippen molar-refractivity contribution in [2.24, 2.45) is 17.8 Å². The second-order valence-corrected chi connectivity index (χ2v) is 10.6. The molecule has 0 aromatic heterocycles. The van der Waals surface area contributed by atoms with Crippen LogP contribution in [0.4, 0.5) is 17.6 Å². The number of carbonyl (C=O) groups is 2. The maximum absolute atomic E-state index is 14.0. The lowest BCUT2D eigenvalue weighted by atomic mass is 9.51. The molecule has 2 N–H and O–H groups in total. The van der Waals surface area contributed by atoms with E-state index in [-0.39, 0.29) is 31.0 Å². The first kappa shape index (κ1) is 24.6. The molecule has 1 aliphatic heterocycles. The topological polar surface area (TPSA) is 146 Å². The Morgan fingerprint density at radius 2 is 1.70 bits per heavy atom. The number of rotatable bonds is 6. The van der Waals surface area contributed by atoms with Gasteiger partial charge in [0, 0.05) is 11.8 Å². The molecule has 1 saturated heterocycles. The van der Waals surface area contributed by atoms with Crippen molar-refractivity contribution >= 4 is 22.1 Å². The van der Waals surface area contributed by atoms with Gasteiger partial charge < -0.3 is 24.1 Å². The maximum Gasteiger partial charge on any atom is 0.451 e. The van der Waals surface area contributed by atoms with Crippen molar-refractivity contribution in [1.29, 1.82) is 0 Å². The van der Waals surface area contributed by atoms with E-state index < -0.39 is 57.3 Å². The van der Waals surface area contributed by atoms with Crippen LogP contribution in [0.25, 0.3) is 0 Å². The van der Waals surface area contributed by atoms with Crippen molar-refractivity contribution in [2.45, 2.75) is 60.8 Å². The highest BCUT2D eigenvalue weighted by Gasteiger charge is 2.73. The summed E-state index contributed by atoms with van der Waals surface area (Å²) >= 11 is 0. The van der Waals surface area contributed by atoms with Crippen molar-refractivity contribution in [3.63, 3.8) is 0 Å². The lowest BCUT2D eigenvalue weighted by Gasteiger charge is -2.62. The summed E-state index contributed by atoms with van der Waals surface area (Å²) in [5.41, 5.74) is -1.02. The Labute approximate surface area is 185 Å². The summed E-state index contributed by atoms with van der Waals surface area (Å²) in [6, 6.07) is 0. The van der Waals surface area contributed by atoms with Crippen molar-refractivity contribution < 1.29 is 64.2 Å². The smallest absolute Gasteiger partial charge is 0.451 e. The van der Waals surface area contributed by atoms with Gasteiger partial charge in [0.2, 0.25) is 0 Å². The lowest BCUT2D eigenvalue weighted by Crippen LogP contribution is -2.65. The van der Waals surface area contributed by atoms with Crippen LogP contribution in [0.5, 0.6) is 0 Å². The number of carbonyl (C=O) groups excluding carboxylic acids is 2. The summed E-state index contributed by atoms with van der Waals surface area (Å²) in [6.45, 7) is -1.48. The number of hydrogen-bond donors (Lipinski definition) is 2. The second-order valence-electron chi connectivity index (χ2n) is 9.10. The van der Waals surface area contributed by atoms with Gasteiger partial charge in [0.05, 0.1) is 13.2 Å². The molecule has 5 aliphatic rings. The molecule has 0 aromatic rings. The molecule has 5 rings (SSSR count). The first-order valence-corrected chi connectivity index (χ1v) is 11.6. The van der Waals surface area contributed by atoms with Crippen LogP contribution < -0.4 is 0 Å². The zero-order valence-electron chi connectivity index (χ0n) is 17.0. The molecular weight excluding hydrogens is 484 g/mol. The van der Waals surface area contributed by atoms with E-state index in [0.29, 0.717) is 19.3 Å². The summed E-state index contributed by atoms with van der Waals surface area (Å²) in [7, 11) is -6.60. The summed E-state index contributed by atoms with van der Waals surface area (Å²) in [5.74, 6) is -5.38. The Hall–Kier alpha value is -1.55. The third-order valence-corrected chi connectivity index (χ3v) is 8.06. The van der Waals surface area contributed by atoms with Crippen molar-refractivity contribution in [1.82, 2.24) is 0 Å². The normalized spacial score (nSPS) is 39.5. The fraction of sp³-hybridized carbons (Fsp3) is 0.889. The summed E-state index contributed by atoms with van der Waals surface area (Å²) < 4.78 is 104. The van der Waals surface area contributed by atoms with E-state index in [2.05, 4.69) is 4.74 Å². The number of halogens is 4. The lowest BCUT2D eigenvalue weighted by molar-refractivity contribution is -0.320. The highest BCUT2D eigenvalue weighted by molar-refractivity contribution is 7.88. The van der Waals surface area contributed by atoms with Gasteiger partial charge in [-0.2, -0.15) is 21.6 Å². The Balaban J connectivity index is 1.42. The van der Waals surface area contributed by atoms with E-state index >= 15 is 0 Å². The SMILES string of the molecule is O=C(COC(=O)C(F)(C(F)(F)F)S(=O)(=O)O)OC12CC3CC(C1)C1(OCC(CO)O1)C(C3)C2. The van der Waals surface area contributed by atoms with Gasteiger partial charge in [-0.25, -0.2) is 14.0 Å². The fourth-order valence-electron chi connectivity index (χ4n) is 5.91. The van der Waals surface area contributed by atoms with E-state index in [4.69, 9.17) is 18.8 Å². The summed E-state index contributed by atoms with van der Waals surface area (Å²) in [5, 5.41) is 3.63. The average Bonchev–Trinajstić information content (AvgIpc) is 3.12. The monoisotopic (exact) mass is 506 g/mol. The number of hydrogen-bond acceptors (Lipinski definition) is 9. The molecule has 4 aliphatic carbocycles. The minimum atomic E-state index is -6.60. The first-order chi connectivity index (χ1) is 15.2. The number of aliphatic hydroxyl groups is 1. The van der Waals surface area contributed by atoms with Gasteiger partial charge >= 0.3 is 33.2 Å². The molecule has 0 amide bonds. The second kappa shape index (κ2) is 7.73. The number of aliphatic hydroxyl groups excluding tert-OH is 1. The largest absolute Gasteiger partial charge is 0.457 e. The van der Waals surface area contributed by atoms with Crippen molar-refractivity contribution in [3.8, 4) is 0 Å². The minimum Gasteiger partial charge on any atom is -0.457 e.